The molecule has 0 aliphatic carbocycles. The fraction of sp³-hybridized carbons (Fsp3) is 0.200. The van der Waals surface area contributed by atoms with E-state index in [9.17, 15) is 4.79 Å². The number of benzene rings is 2. The van der Waals surface area contributed by atoms with E-state index >= 15 is 0 Å². The van der Waals surface area contributed by atoms with Crippen molar-refractivity contribution in [3.05, 3.63) is 70.0 Å². The molecule has 0 saturated carbocycles. The van der Waals surface area contributed by atoms with Crippen LogP contribution in [0.15, 0.2) is 53.0 Å². The number of nitrogens with one attached hydrogen (secondary N) is 1. The van der Waals surface area contributed by atoms with Crippen LogP contribution in [-0.4, -0.2) is 15.5 Å². The number of halogens is 1. The van der Waals surface area contributed by atoms with Crippen LogP contribution < -0.4 is 5.32 Å². The summed E-state index contributed by atoms with van der Waals surface area (Å²) in [6.45, 7) is 5.33. The summed E-state index contributed by atoms with van der Waals surface area (Å²) >= 11 is 3.52. The van der Waals surface area contributed by atoms with Gasteiger partial charge in [-0.15, -0.1) is 0 Å². The van der Waals surface area contributed by atoms with Gasteiger partial charge in [0.05, 0.1) is 17.6 Å². The number of carbonyl (C=O) groups is 1. The highest BCUT2D eigenvalue weighted by molar-refractivity contribution is 9.10. The smallest absolute Gasteiger partial charge is 0.244 e. The number of aromatic nitrogens is 2. The van der Waals surface area contributed by atoms with E-state index in [0.29, 0.717) is 6.54 Å². The maximum Gasteiger partial charge on any atom is 0.244 e. The topological polar surface area (TPSA) is 46.9 Å². The summed E-state index contributed by atoms with van der Waals surface area (Å²) in [5.41, 5.74) is 4.19. The first-order valence-electron chi connectivity index (χ1n) is 8.24. The van der Waals surface area contributed by atoms with Gasteiger partial charge in [-0.1, -0.05) is 40.2 Å². The molecule has 0 saturated heterocycles. The minimum atomic E-state index is -0.137. The Kier molecular flexibility index (Phi) is 5.34. The number of hydrogen-bond donors (Lipinski definition) is 1. The fourth-order valence-electron chi connectivity index (χ4n) is 2.77. The number of amides is 1. The third-order valence-electron chi connectivity index (χ3n) is 4.04. The van der Waals surface area contributed by atoms with E-state index in [1.807, 2.05) is 55.5 Å². The van der Waals surface area contributed by atoms with E-state index in [2.05, 4.69) is 37.7 Å². The zero-order valence-corrected chi connectivity index (χ0v) is 15.9. The van der Waals surface area contributed by atoms with Crippen LogP contribution in [-0.2, 0) is 17.9 Å². The molecule has 0 spiro atoms. The molecule has 0 unspecified atom stereocenters. The Morgan fingerprint density at radius 3 is 2.84 bits per heavy atom. The lowest BCUT2D eigenvalue weighted by atomic mass is 10.1. The lowest BCUT2D eigenvalue weighted by Gasteiger charge is -2.06. The summed E-state index contributed by atoms with van der Waals surface area (Å²) in [4.78, 5) is 16.7. The Morgan fingerprint density at radius 1 is 1.28 bits per heavy atom. The van der Waals surface area contributed by atoms with Crippen molar-refractivity contribution >= 4 is 38.9 Å². The van der Waals surface area contributed by atoms with Gasteiger partial charge in [-0.3, -0.25) is 4.79 Å². The third kappa shape index (κ3) is 3.99. The monoisotopic (exact) mass is 397 g/mol. The van der Waals surface area contributed by atoms with Gasteiger partial charge in [0.1, 0.15) is 5.82 Å². The van der Waals surface area contributed by atoms with E-state index in [-0.39, 0.29) is 5.91 Å². The Morgan fingerprint density at radius 2 is 2.08 bits per heavy atom. The van der Waals surface area contributed by atoms with Gasteiger partial charge in [0.2, 0.25) is 5.91 Å². The molecular formula is C20H20BrN3O. The van der Waals surface area contributed by atoms with E-state index in [0.717, 1.165) is 33.4 Å². The second kappa shape index (κ2) is 7.66. The maximum atomic E-state index is 12.1. The van der Waals surface area contributed by atoms with Crippen LogP contribution in [0, 0.1) is 6.92 Å². The molecule has 1 N–H and O–H groups in total. The van der Waals surface area contributed by atoms with Gasteiger partial charge in [0.15, 0.2) is 0 Å². The molecule has 1 aromatic heterocycles. The van der Waals surface area contributed by atoms with E-state index in [1.165, 1.54) is 5.56 Å². The summed E-state index contributed by atoms with van der Waals surface area (Å²) in [7, 11) is 0. The molecule has 2 aromatic carbocycles. The van der Waals surface area contributed by atoms with Gasteiger partial charge in [-0.05, 0) is 49.2 Å². The zero-order valence-electron chi connectivity index (χ0n) is 14.3. The zero-order chi connectivity index (χ0) is 17.8. The van der Waals surface area contributed by atoms with Crippen LogP contribution >= 0.6 is 15.9 Å². The number of imidazole rings is 1. The molecular weight excluding hydrogens is 378 g/mol. The Bertz CT molecular complexity index is 943. The molecule has 0 aliphatic rings. The van der Waals surface area contributed by atoms with Crippen molar-refractivity contribution < 1.29 is 4.79 Å². The second-order valence-corrected chi connectivity index (χ2v) is 6.69. The summed E-state index contributed by atoms with van der Waals surface area (Å²) in [6.07, 6.45) is 3.36. The van der Waals surface area contributed by atoms with E-state index in [1.54, 1.807) is 6.08 Å². The number of rotatable bonds is 5. The predicted molar refractivity (Wildman–Crippen MR) is 105 cm³/mol. The first-order valence-corrected chi connectivity index (χ1v) is 9.04. The second-order valence-electron chi connectivity index (χ2n) is 5.84. The van der Waals surface area contributed by atoms with Gasteiger partial charge in [-0.25, -0.2) is 4.98 Å². The van der Waals surface area contributed by atoms with Crippen molar-refractivity contribution in [3.8, 4) is 0 Å². The average Bonchev–Trinajstić information content (AvgIpc) is 2.96. The van der Waals surface area contributed by atoms with Crippen LogP contribution in [0.5, 0.6) is 0 Å². The number of aryl methyl sites for hydroxylation is 2. The Labute approximate surface area is 155 Å². The van der Waals surface area contributed by atoms with Gasteiger partial charge in [-0.2, -0.15) is 0 Å². The number of para-hydroxylation sites is 2. The predicted octanol–water partition coefficient (Wildman–Crippen LogP) is 4.46. The lowest BCUT2D eigenvalue weighted by molar-refractivity contribution is -0.116. The molecule has 128 valence electrons. The molecule has 0 radical (unpaired) electrons. The maximum absolute atomic E-state index is 12.1. The highest BCUT2D eigenvalue weighted by Gasteiger charge is 2.09. The molecule has 1 heterocycles. The van der Waals surface area contributed by atoms with Gasteiger partial charge < -0.3 is 9.88 Å². The number of carbonyl (C=O) groups excluding carboxylic acids is 1. The minimum Gasteiger partial charge on any atom is -0.345 e. The Balaban J connectivity index is 1.69. The van der Waals surface area contributed by atoms with Crippen LogP contribution in [0.25, 0.3) is 17.1 Å². The lowest BCUT2D eigenvalue weighted by Crippen LogP contribution is -2.22. The van der Waals surface area contributed by atoms with Crippen molar-refractivity contribution in [1.29, 1.82) is 0 Å². The fourth-order valence-corrected chi connectivity index (χ4v) is 3.40. The SMILES string of the molecule is CCn1c(CNC(=O)C=Cc2ccc(C)cc2Br)nc2ccccc21. The quantitative estimate of drug-likeness (QED) is 0.646. The number of fused-ring (bicyclic) bond motifs is 1. The largest absolute Gasteiger partial charge is 0.345 e. The summed E-state index contributed by atoms with van der Waals surface area (Å²) in [5, 5.41) is 2.91. The van der Waals surface area contributed by atoms with E-state index in [4.69, 9.17) is 0 Å². The first-order chi connectivity index (χ1) is 12.1. The first kappa shape index (κ1) is 17.4. The molecule has 25 heavy (non-hydrogen) atoms. The van der Waals surface area contributed by atoms with Crippen LogP contribution in [0.1, 0.15) is 23.9 Å². The standard InChI is InChI=1S/C20H20BrN3O/c1-3-24-18-7-5-4-6-17(18)23-19(24)13-22-20(25)11-10-15-9-8-14(2)12-16(15)21/h4-12H,3,13H2,1-2H3,(H,22,25). The highest BCUT2D eigenvalue weighted by Crippen LogP contribution is 2.19. The van der Waals surface area contributed by atoms with Gasteiger partial charge in [0.25, 0.3) is 0 Å². The van der Waals surface area contributed by atoms with E-state index < -0.39 is 0 Å². The normalized spacial score (nSPS) is 11.3. The van der Waals surface area contributed by atoms with Crippen LogP contribution in [0.4, 0.5) is 0 Å². The van der Waals surface area contributed by atoms with Crippen LogP contribution in [0.3, 0.4) is 0 Å². The minimum absolute atomic E-state index is 0.137. The molecule has 0 aliphatic heterocycles. The summed E-state index contributed by atoms with van der Waals surface area (Å²) in [6, 6.07) is 14.0. The molecule has 0 fully saturated rings. The molecule has 5 heteroatoms. The van der Waals surface area contributed by atoms with Crippen molar-refractivity contribution in [3.63, 3.8) is 0 Å². The highest BCUT2D eigenvalue weighted by atomic mass is 79.9. The molecule has 0 bridgehead atoms. The summed E-state index contributed by atoms with van der Waals surface area (Å²) in [5.74, 6) is 0.726. The van der Waals surface area contributed by atoms with Crippen LogP contribution in [0.2, 0.25) is 0 Å². The summed E-state index contributed by atoms with van der Waals surface area (Å²) < 4.78 is 3.10. The van der Waals surface area contributed by atoms with Gasteiger partial charge >= 0.3 is 0 Å². The van der Waals surface area contributed by atoms with Gasteiger partial charge in [0, 0.05) is 17.1 Å². The van der Waals surface area contributed by atoms with Crippen molar-refractivity contribution in [1.82, 2.24) is 14.9 Å². The van der Waals surface area contributed by atoms with Crippen molar-refractivity contribution in [2.24, 2.45) is 0 Å². The van der Waals surface area contributed by atoms with Crippen molar-refractivity contribution in [2.45, 2.75) is 26.9 Å². The number of nitrogens with zero attached hydrogens (tertiary/aromatic N) is 2. The molecule has 0 atom stereocenters. The van der Waals surface area contributed by atoms with Crippen molar-refractivity contribution in [2.75, 3.05) is 0 Å². The molecule has 4 nitrogen and oxygen atoms in total. The molecule has 1 amide bonds. The Hall–Kier alpha value is -2.40. The average molecular weight is 398 g/mol. The third-order valence-corrected chi connectivity index (χ3v) is 4.73. The molecule has 3 aromatic rings. The molecule has 3 rings (SSSR count). The number of hydrogen-bond acceptors (Lipinski definition) is 2.